The van der Waals surface area contributed by atoms with Crippen molar-refractivity contribution in [1.82, 2.24) is 5.32 Å². The minimum atomic E-state index is -0.582. The van der Waals surface area contributed by atoms with Crippen LogP contribution in [0.4, 0.5) is 10.5 Å². The summed E-state index contributed by atoms with van der Waals surface area (Å²) >= 11 is 19.5. The van der Waals surface area contributed by atoms with E-state index in [0.717, 1.165) is 16.2 Å². The van der Waals surface area contributed by atoms with E-state index in [9.17, 15) is 19.5 Å². The fourth-order valence-electron chi connectivity index (χ4n) is 2.90. The van der Waals surface area contributed by atoms with E-state index in [1.165, 1.54) is 30.3 Å². The van der Waals surface area contributed by atoms with Crippen molar-refractivity contribution in [3.8, 4) is 17.2 Å². The number of hydrogen-bond donors (Lipinski definition) is 2. The molecule has 1 aliphatic heterocycles. The van der Waals surface area contributed by atoms with Crippen LogP contribution in [0.2, 0.25) is 14.4 Å². The summed E-state index contributed by atoms with van der Waals surface area (Å²) in [5.41, 5.74) is 0.206. The number of ketones is 1. The molecule has 0 atom stereocenters. The van der Waals surface area contributed by atoms with E-state index in [-0.39, 0.29) is 45.1 Å². The molecule has 0 saturated carbocycles. The number of phenols is 1. The smallest absolute Gasteiger partial charge is 0.329 e. The third-order valence-corrected chi connectivity index (χ3v) is 6.11. The number of amides is 3. The van der Waals surface area contributed by atoms with Crippen molar-refractivity contribution in [2.75, 3.05) is 11.4 Å². The Bertz CT molecular complexity index is 1200. The number of anilines is 1. The Labute approximate surface area is 194 Å². The molecule has 2 heterocycles. The lowest BCUT2D eigenvalue weighted by Crippen LogP contribution is -2.30. The van der Waals surface area contributed by atoms with Gasteiger partial charge in [-0.3, -0.25) is 9.59 Å². The molecule has 2 N–H and O–H groups in total. The number of rotatable bonds is 5. The van der Waals surface area contributed by atoms with Crippen LogP contribution in [-0.2, 0) is 4.79 Å². The summed E-state index contributed by atoms with van der Waals surface area (Å²) in [5, 5.41) is 12.6. The highest BCUT2D eigenvalue weighted by molar-refractivity contribution is 7.18. The van der Waals surface area contributed by atoms with Gasteiger partial charge in [-0.25, -0.2) is 9.69 Å². The van der Waals surface area contributed by atoms with Gasteiger partial charge in [0.25, 0.3) is 5.91 Å². The van der Waals surface area contributed by atoms with Crippen molar-refractivity contribution in [2.24, 2.45) is 0 Å². The monoisotopic (exact) mass is 496 g/mol. The molecular weight excluding hydrogens is 487 g/mol. The average molecular weight is 498 g/mol. The molecule has 7 nitrogen and oxygen atoms in total. The number of imide groups is 1. The Morgan fingerprint density at radius 2 is 1.77 bits per heavy atom. The van der Waals surface area contributed by atoms with Gasteiger partial charge in [0.15, 0.2) is 5.75 Å². The zero-order chi connectivity index (χ0) is 22.3. The molecule has 1 saturated heterocycles. The number of nitrogens with zero attached hydrogens (tertiary/aromatic N) is 1. The van der Waals surface area contributed by atoms with Gasteiger partial charge in [0.05, 0.1) is 37.1 Å². The van der Waals surface area contributed by atoms with Crippen molar-refractivity contribution in [2.45, 2.75) is 0 Å². The van der Waals surface area contributed by atoms with Crippen LogP contribution in [0.25, 0.3) is 0 Å². The van der Waals surface area contributed by atoms with E-state index in [1.807, 2.05) is 0 Å². The van der Waals surface area contributed by atoms with Gasteiger partial charge < -0.3 is 15.2 Å². The predicted octanol–water partition coefficient (Wildman–Crippen LogP) is 5.49. The Balaban J connectivity index is 1.64. The van der Waals surface area contributed by atoms with Gasteiger partial charge in [-0.05, 0) is 42.5 Å². The summed E-state index contributed by atoms with van der Waals surface area (Å²) in [6.07, 6.45) is 0. The first kappa shape index (κ1) is 21.5. The molecule has 3 amide bonds. The molecule has 0 radical (unpaired) electrons. The number of urea groups is 1. The number of carbonyl (C=O) groups is 3. The number of phenolic OH excluding ortho intramolecular Hbond substituents is 1. The van der Waals surface area contributed by atoms with E-state index < -0.39 is 17.7 Å². The van der Waals surface area contributed by atoms with Crippen molar-refractivity contribution >= 4 is 69.5 Å². The van der Waals surface area contributed by atoms with Crippen molar-refractivity contribution < 1.29 is 24.2 Å². The van der Waals surface area contributed by atoms with Gasteiger partial charge >= 0.3 is 6.03 Å². The Morgan fingerprint density at radius 3 is 2.35 bits per heavy atom. The van der Waals surface area contributed by atoms with Gasteiger partial charge in [-0.1, -0.05) is 34.8 Å². The summed E-state index contributed by atoms with van der Waals surface area (Å²) in [4.78, 5) is 37.7. The van der Waals surface area contributed by atoms with Crippen molar-refractivity contribution in [3.63, 3.8) is 0 Å². The van der Waals surface area contributed by atoms with E-state index >= 15 is 0 Å². The lowest BCUT2D eigenvalue weighted by atomic mass is 10.1. The molecule has 0 unspecified atom stereocenters. The minimum Gasteiger partial charge on any atom is -0.507 e. The zero-order valence-electron chi connectivity index (χ0n) is 15.3. The zero-order valence-corrected chi connectivity index (χ0v) is 18.4. The molecule has 1 aliphatic rings. The third kappa shape index (κ3) is 4.20. The molecule has 0 aliphatic carbocycles. The highest BCUT2D eigenvalue weighted by atomic mass is 35.5. The summed E-state index contributed by atoms with van der Waals surface area (Å²) in [6.45, 7) is -0.119. The molecule has 1 aromatic heterocycles. The Hall–Kier alpha value is -2.78. The lowest BCUT2D eigenvalue weighted by molar-refractivity contribution is -0.115. The summed E-state index contributed by atoms with van der Waals surface area (Å²) in [5.74, 6) is -0.849. The molecule has 2 aromatic carbocycles. The standard InChI is InChI=1S/C20H11Cl3N2O5S/c21-12-5-9(25-17(27)8-24-20(25)29)6-13(22)19(12)30-10-1-2-14(26)11(7-10)18(28)15-3-4-16(23)31-15/h1-7,26H,8H2,(H,24,29). The maximum absolute atomic E-state index is 12.7. The van der Waals surface area contributed by atoms with Gasteiger partial charge in [-0.15, -0.1) is 11.3 Å². The minimum absolute atomic E-state index is 0.0132. The van der Waals surface area contributed by atoms with Crippen LogP contribution in [0.15, 0.2) is 42.5 Å². The molecular formula is C20H11Cl3N2O5S. The van der Waals surface area contributed by atoms with Crippen LogP contribution in [0.5, 0.6) is 17.2 Å². The molecule has 4 rings (SSSR count). The maximum Gasteiger partial charge on any atom is 0.329 e. The van der Waals surface area contributed by atoms with Crippen molar-refractivity contribution in [1.29, 1.82) is 0 Å². The number of thiophene rings is 1. The summed E-state index contributed by atoms with van der Waals surface area (Å²) < 4.78 is 6.19. The second-order valence-electron chi connectivity index (χ2n) is 6.34. The first-order chi connectivity index (χ1) is 14.7. The number of benzene rings is 2. The molecule has 0 bridgehead atoms. The molecule has 1 fully saturated rings. The van der Waals surface area contributed by atoms with E-state index in [4.69, 9.17) is 39.5 Å². The van der Waals surface area contributed by atoms with Crippen LogP contribution in [0, 0.1) is 0 Å². The summed E-state index contributed by atoms with van der Waals surface area (Å²) in [7, 11) is 0. The number of aromatic hydroxyl groups is 1. The number of ether oxygens (including phenoxy) is 1. The quantitative estimate of drug-likeness (QED) is 0.359. The van der Waals surface area contributed by atoms with E-state index in [2.05, 4.69) is 5.32 Å². The first-order valence-corrected chi connectivity index (χ1v) is 10.6. The third-order valence-electron chi connectivity index (χ3n) is 4.31. The predicted molar refractivity (Wildman–Crippen MR) is 118 cm³/mol. The molecule has 158 valence electrons. The first-order valence-electron chi connectivity index (χ1n) is 8.65. The fraction of sp³-hybridized carbons (Fsp3) is 0.0500. The summed E-state index contributed by atoms with van der Waals surface area (Å²) in [6, 6.07) is 9.39. The Kier molecular flexibility index (Phi) is 5.81. The SMILES string of the molecule is O=C(c1ccc(Cl)s1)c1cc(Oc2c(Cl)cc(N3C(=O)CNC3=O)cc2Cl)ccc1O. The molecule has 3 aromatic rings. The van der Waals surface area contributed by atoms with Gasteiger partial charge in [-0.2, -0.15) is 0 Å². The fourth-order valence-corrected chi connectivity index (χ4v) is 4.45. The van der Waals surface area contributed by atoms with Crippen LogP contribution in [0.1, 0.15) is 15.2 Å². The van der Waals surface area contributed by atoms with Crippen LogP contribution in [0.3, 0.4) is 0 Å². The van der Waals surface area contributed by atoms with Crippen molar-refractivity contribution in [3.05, 3.63) is 67.3 Å². The highest BCUT2D eigenvalue weighted by Gasteiger charge is 2.31. The second-order valence-corrected chi connectivity index (χ2v) is 8.87. The van der Waals surface area contributed by atoms with Crippen LogP contribution >= 0.6 is 46.1 Å². The van der Waals surface area contributed by atoms with E-state index in [1.54, 1.807) is 12.1 Å². The largest absolute Gasteiger partial charge is 0.507 e. The van der Waals surface area contributed by atoms with E-state index in [0.29, 0.717) is 9.21 Å². The number of hydrogen-bond acceptors (Lipinski definition) is 6. The van der Waals surface area contributed by atoms with Crippen LogP contribution < -0.4 is 15.0 Å². The molecule has 11 heteroatoms. The molecule has 0 spiro atoms. The number of halogens is 3. The number of carbonyl (C=O) groups excluding carboxylic acids is 3. The van der Waals surface area contributed by atoms with Gasteiger partial charge in [0.2, 0.25) is 5.78 Å². The van der Waals surface area contributed by atoms with Crippen LogP contribution in [-0.4, -0.2) is 29.4 Å². The topological polar surface area (TPSA) is 95.9 Å². The normalized spacial score (nSPS) is 13.5. The maximum atomic E-state index is 12.7. The highest BCUT2D eigenvalue weighted by Crippen LogP contribution is 2.41. The second kappa shape index (κ2) is 8.39. The Morgan fingerprint density at radius 1 is 1.06 bits per heavy atom. The average Bonchev–Trinajstić information content (AvgIpc) is 3.30. The molecule has 31 heavy (non-hydrogen) atoms. The number of nitrogens with one attached hydrogen (secondary N) is 1. The van der Waals surface area contributed by atoms with Gasteiger partial charge in [0.1, 0.15) is 11.5 Å². The lowest BCUT2D eigenvalue weighted by Gasteiger charge is -2.16. The van der Waals surface area contributed by atoms with Gasteiger partial charge in [0, 0.05) is 0 Å².